The van der Waals surface area contributed by atoms with Crippen molar-refractivity contribution in [3.63, 3.8) is 0 Å². The lowest BCUT2D eigenvalue weighted by atomic mass is 10.1. The highest BCUT2D eigenvalue weighted by molar-refractivity contribution is 5.29. The van der Waals surface area contributed by atoms with Crippen LogP contribution in [0.4, 0.5) is 5.95 Å². The Bertz CT molecular complexity index is 367. The minimum Gasteiger partial charge on any atom is -0.478 e. The molecule has 2 atom stereocenters. The lowest BCUT2D eigenvalue weighted by Gasteiger charge is -2.19. The molecule has 1 aromatic rings. The van der Waals surface area contributed by atoms with Crippen LogP contribution >= 0.6 is 0 Å². The SMILES string of the molecule is CCCOc1ccnc(NC(C)C2CCCO2)n1. The zero-order chi connectivity index (χ0) is 12.8. The predicted molar refractivity (Wildman–Crippen MR) is 69.9 cm³/mol. The third-order valence-electron chi connectivity index (χ3n) is 2.96. The summed E-state index contributed by atoms with van der Waals surface area (Å²) in [4.78, 5) is 8.52. The van der Waals surface area contributed by atoms with Crippen LogP contribution in [0.1, 0.15) is 33.1 Å². The number of anilines is 1. The molecule has 2 unspecified atom stereocenters. The van der Waals surface area contributed by atoms with Crippen LogP contribution in [-0.2, 0) is 4.74 Å². The summed E-state index contributed by atoms with van der Waals surface area (Å²) in [5, 5.41) is 3.27. The Morgan fingerprint density at radius 1 is 1.61 bits per heavy atom. The van der Waals surface area contributed by atoms with Crippen LogP contribution in [0, 0.1) is 0 Å². The number of aromatic nitrogens is 2. The van der Waals surface area contributed by atoms with Crippen LogP contribution in [0.3, 0.4) is 0 Å². The maximum atomic E-state index is 5.63. The van der Waals surface area contributed by atoms with Crippen LogP contribution < -0.4 is 10.1 Å². The van der Waals surface area contributed by atoms with Gasteiger partial charge in [-0.1, -0.05) is 6.92 Å². The highest BCUT2D eigenvalue weighted by Gasteiger charge is 2.22. The minimum atomic E-state index is 0.217. The van der Waals surface area contributed by atoms with Gasteiger partial charge in [-0.3, -0.25) is 0 Å². The molecule has 2 heterocycles. The third kappa shape index (κ3) is 3.57. The van der Waals surface area contributed by atoms with Gasteiger partial charge in [0.25, 0.3) is 0 Å². The summed E-state index contributed by atoms with van der Waals surface area (Å²) in [6, 6.07) is 1.99. The van der Waals surface area contributed by atoms with Crippen molar-refractivity contribution in [1.82, 2.24) is 9.97 Å². The van der Waals surface area contributed by atoms with Crippen molar-refractivity contribution in [2.75, 3.05) is 18.5 Å². The highest BCUT2D eigenvalue weighted by Crippen LogP contribution is 2.18. The van der Waals surface area contributed by atoms with Gasteiger partial charge in [-0.05, 0) is 26.2 Å². The van der Waals surface area contributed by atoms with Crippen molar-refractivity contribution in [3.05, 3.63) is 12.3 Å². The van der Waals surface area contributed by atoms with Crippen LogP contribution in [0.5, 0.6) is 5.88 Å². The van der Waals surface area contributed by atoms with E-state index in [1.54, 1.807) is 12.3 Å². The van der Waals surface area contributed by atoms with Gasteiger partial charge in [0.05, 0.1) is 18.8 Å². The van der Waals surface area contributed by atoms with Crippen molar-refractivity contribution >= 4 is 5.95 Å². The van der Waals surface area contributed by atoms with Gasteiger partial charge in [0.1, 0.15) is 0 Å². The molecule has 1 aromatic heterocycles. The van der Waals surface area contributed by atoms with Crippen LogP contribution in [-0.4, -0.2) is 35.3 Å². The Morgan fingerprint density at radius 2 is 2.50 bits per heavy atom. The van der Waals surface area contributed by atoms with E-state index in [9.17, 15) is 0 Å². The van der Waals surface area contributed by atoms with E-state index >= 15 is 0 Å². The lowest BCUT2D eigenvalue weighted by Crippen LogP contribution is -2.30. The van der Waals surface area contributed by atoms with Crippen LogP contribution in [0.25, 0.3) is 0 Å². The summed E-state index contributed by atoms with van der Waals surface area (Å²) in [6.07, 6.45) is 5.17. The molecular weight excluding hydrogens is 230 g/mol. The van der Waals surface area contributed by atoms with Gasteiger partial charge in [-0.15, -0.1) is 0 Å². The van der Waals surface area contributed by atoms with Crippen molar-refractivity contribution in [2.24, 2.45) is 0 Å². The van der Waals surface area contributed by atoms with Crippen molar-refractivity contribution < 1.29 is 9.47 Å². The second-order valence-electron chi connectivity index (χ2n) is 4.55. The topological polar surface area (TPSA) is 56.3 Å². The fraction of sp³-hybridized carbons (Fsp3) is 0.692. The first-order valence-electron chi connectivity index (χ1n) is 6.63. The molecule has 5 heteroatoms. The molecule has 1 N–H and O–H groups in total. The quantitative estimate of drug-likeness (QED) is 0.840. The van der Waals surface area contributed by atoms with Gasteiger partial charge >= 0.3 is 0 Å². The summed E-state index contributed by atoms with van der Waals surface area (Å²) in [6.45, 7) is 5.70. The van der Waals surface area contributed by atoms with E-state index in [-0.39, 0.29) is 12.1 Å². The highest BCUT2D eigenvalue weighted by atomic mass is 16.5. The molecular formula is C13H21N3O2. The Labute approximate surface area is 108 Å². The van der Waals surface area contributed by atoms with E-state index in [1.807, 2.05) is 0 Å². The van der Waals surface area contributed by atoms with Gasteiger partial charge in [-0.2, -0.15) is 4.98 Å². The second-order valence-corrected chi connectivity index (χ2v) is 4.55. The molecule has 1 aliphatic rings. The molecule has 0 saturated carbocycles. The number of hydrogen-bond donors (Lipinski definition) is 1. The molecule has 0 amide bonds. The smallest absolute Gasteiger partial charge is 0.226 e. The molecule has 0 radical (unpaired) electrons. The van der Waals surface area contributed by atoms with Gasteiger partial charge in [0.15, 0.2) is 0 Å². The normalized spacial score (nSPS) is 20.7. The van der Waals surface area contributed by atoms with E-state index in [0.717, 1.165) is 25.9 Å². The summed E-state index contributed by atoms with van der Waals surface area (Å²) >= 11 is 0. The zero-order valence-corrected chi connectivity index (χ0v) is 11.1. The number of rotatable bonds is 6. The zero-order valence-electron chi connectivity index (χ0n) is 11.1. The molecule has 1 saturated heterocycles. The second kappa shape index (κ2) is 6.54. The van der Waals surface area contributed by atoms with E-state index in [1.165, 1.54) is 0 Å². The van der Waals surface area contributed by atoms with Gasteiger partial charge < -0.3 is 14.8 Å². The minimum absolute atomic E-state index is 0.217. The first-order valence-corrected chi connectivity index (χ1v) is 6.63. The standard InChI is InChI=1S/C13H21N3O2/c1-3-8-18-12-6-7-14-13(16-12)15-10(2)11-5-4-9-17-11/h6-7,10-11H,3-5,8-9H2,1-2H3,(H,14,15,16). The van der Waals surface area contributed by atoms with E-state index in [0.29, 0.717) is 18.4 Å². The number of nitrogens with zero attached hydrogens (tertiary/aromatic N) is 2. The summed E-state index contributed by atoms with van der Waals surface area (Å²) in [5.41, 5.74) is 0. The average Bonchev–Trinajstić information content (AvgIpc) is 2.91. The molecule has 0 aliphatic carbocycles. The van der Waals surface area contributed by atoms with Crippen LogP contribution in [0.2, 0.25) is 0 Å². The Morgan fingerprint density at radius 3 is 3.22 bits per heavy atom. The first-order chi connectivity index (χ1) is 8.79. The third-order valence-corrected chi connectivity index (χ3v) is 2.96. The Kier molecular flexibility index (Phi) is 4.75. The van der Waals surface area contributed by atoms with Crippen molar-refractivity contribution in [3.8, 4) is 5.88 Å². The fourth-order valence-electron chi connectivity index (χ4n) is 1.99. The van der Waals surface area contributed by atoms with Crippen LogP contribution in [0.15, 0.2) is 12.3 Å². The first kappa shape index (κ1) is 13.1. The van der Waals surface area contributed by atoms with E-state index < -0.39 is 0 Å². The Balaban J connectivity index is 1.91. The average molecular weight is 251 g/mol. The van der Waals surface area contributed by atoms with Crippen molar-refractivity contribution in [2.45, 2.75) is 45.3 Å². The molecule has 0 spiro atoms. The Hall–Kier alpha value is -1.36. The number of ether oxygens (including phenoxy) is 2. The fourth-order valence-corrected chi connectivity index (χ4v) is 1.99. The molecule has 5 nitrogen and oxygen atoms in total. The molecule has 18 heavy (non-hydrogen) atoms. The predicted octanol–water partition coefficient (Wildman–Crippen LogP) is 2.24. The summed E-state index contributed by atoms with van der Waals surface area (Å²) in [7, 11) is 0. The van der Waals surface area contributed by atoms with Gasteiger partial charge in [0, 0.05) is 18.9 Å². The molecule has 1 fully saturated rings. The maximum Gasteiger partial charge on any atom is 0.226 e. The number of hydrogen-bond acceptors (Lipinski definition) is 5. The lowest BCUT2D eigenvalue weighted by molar-refractivity contribution is 0.0994. The largest absolute Gasteiger partial charge is 0.478 e. The molecule has 100 valence electrons. The van der Waals surface area contributed by atoms with Crippen molar-refractivity contribution in [1.29, 1.82) is 0 Å². The molecule has 0 aromatic carbocycles. The molecule has 1 aliphatic heterocycles. The molecule has 2 rings (SSSR count). The summed E-state index contributed by atoms with van der Waals surface area (Å²) < 4.78 is 11.1. The molecule has 0 bridgehead atoms. The van der Waals surface area contributed by atoms with Gasteiger partial charge in [-0.25, -0.2) is 4.98 Å². The number of nitrogens with one attached hydrogen (secondary N) is 1. The monoisotopic (exact) mass is 251 g/mol. The van der Waals surface area contributed by atoms with Gasteiger partial charge in [0.2, 0.25) is 11.8 Å². The van der Waals surface area contributed by atoms with E-state index in [2.05, 4.69) is 29.1 Å². The van der Waals surface area contributed by atoms with E-state index in [4.69, 9.17) is 9.47 Å². The maximum absolute atomic E-state index is 5.63. The summed E-state index contributed by atoms with van der Waals surface area (Å²) in [5.74, 6) is 1.22.